The highest BCUT2D eigenvalue weighted by atomic mass is 19.3. The Labute approximate surface area is 124 Å². The van der Waals surface area contributed by atoms with Crippen LogP contribution in [0.3, 0.4) is 0 Å². The van der Waals surface area contributed by atoms with Gasteiger partial charge in [0.15, 0.2) is 0 Å². The number of ether oxygens (including phenoxy) is 2. The number of hydrogen-bond acceptors (Lipinski definition) is 3. The Kier molecular flexibility index (Phi) is 5.04. The summed E-state index contributed by atoms with van der Waals surface area (Å²) in [5.41, 5.74) is 0.996. The quantitative estimate of drug-likeness (QED) is 0.897. The average molecular weight is 299 g/mol. The van der Waals surface area contributed by atoms with Gasteiger partial charge in [-0.2, -0.15) is 0 Å². The van der Waals surface area contributed by atoms with E-state index in [1.165, 1.54) is 0 Å². The number of nitrogens with one attached hydrogen (secondary N) is 1. The molecule has 1 N–H and O–H groups in total. The number of halogens is 2. The standard InChI is InChI=1S/C16H23F2NO2/c1-19-15(11-6-8-16(17,18)9-7-11)13-5-4-12(20-2)10-14(13)21-3/h4-5,10-11,15,19H,6-9H2,1-3H3. The van der Waals surface area contributed by atoms with Crippen LogP contribution in [-0.2, 0) is 0 Å². The van der Waals surface area contributed by atoms with Crippen LogP contribution >= 0.6 is 0 Å². The van der Waals surface area contributed by atoms with E-state index in [-0.39, 0.29) is 24.8 Å². The summed E-state index contributed by atoms with van der Waals surface area (Å²) in [7, 11) is 5.08. The van der Waals surface area contributed by atoms with E-state index in [9.17, 15) is 8.78 Å². The van der Waals surface area contributed by atoms with Crippen molar-refractivity contribution in [3.63, 3.8) is 0 Å². The second kappa shape index (κ2) is 6.60. The molecule has 0 heterocycles. The summed E-state index contributed by atoms with van der Waals surface area (Å²) in [5, 5.41) is 3.26. The second-order valence-corrected chi connectivity index (χ2v) is 5.57. The Morgan fingerprint density at radius 2 is 1.86 bits per heavy atom. The van der Waals surface area contributed by atoms with Crippen molar-refractivity contribution in [3.8, 4) is 11.5 Å². The molecule has 5 heteroatoms. The first-order valence-corrected chi connectivity index (χ1v) is 7.28. The maximum atomic E-state index is 13.3. The lowest BCUT2D eigenvalue weighted by molar-refractivity contribution is -0.0495. The molecule has 1 aromatic carbocycles. The lowest BCUT2D eigenvalue weighted by atomic mass is 9.79. The smallest absolute Gasteiger partial charge is 0.248 e. The zero-order valence-electron chi connectivity index (χ0n) is 12.8. The summed E-state index contributed by atoms with van der Waals surface area (Å²) < 4.78 is 37.3. The lowest BCUT2D eigenvalue weighted by Crippen LogP contribution is -2.32. The third-order valence-electron chi connectivity index (χ3n) is 4.32. The highest BCUT2D eigenvalue weighted by Crippen LogP contribution is 2.43. The minimum Gasteiger partial charge on any atom is -0.497 e. The topological polar surface area (TPSA) is 30.5 Å². The van der Waals surface area contributed by atoms with Crippen molar-refractivity contribution in [2.75, 3.05) is 21.3 Å². The van der Waals surface area contributed by atoms with Gasteiger partial charge in [0, 0.05) is 30.5 Å². The van der Waals surface area contributed by atoms with Crippen molar-refractivity contribution in [2.45, 2.75) is 37.6 Å². The SMILES string of the molecule is CNC(c1ccc(OC)cc1OC)C1CCC(F)(F)CC1. The summed E-state index contributed by atoms with van der Waals surface area (Å²) in [6.07, 6.45) is 0.976. The van der Waals surface area contributed by atoms with E-state index >= 15 is 0 Å². The van der Waals surface area contributed by atoms with E-state index in [0.29, 0.717) is 12.8 Å². The first-order chi connectivity index (χ1) is 10.0. The molecule has 118 valence electrons. The number of alkyl halides is 2. The first kappa shape index (κ1) is 16.0. The Bertz CT molecular complexity index is 469. The van der Waals surface area contributed by atoms with Crippen molar-refractivity contribution in [2.24, 2.45) is 5.92 Å². The third-order valence-corrected chi connectivity index (χ3v) is 4.32. The molecule has 21 heavy (non-hydrogen) atoms. The van der Waals surface area contributed by atoms with Gasteiger partial charge in [-0.05, 0) is 31.9 Å². The van der Waals surface area contributed by atoms with E-state index in [1.807, 2.05) is 25.2 Å². The highest BCUT2D eigenvalue weighted by Gasteiger charge is 2.38. The number of hydrogen-bond donors (Lipinski definition) is 1. The zero-order valence-corrected chi connectivity index (χ0v) is 12.8. The molecule has 1 saturated carbocycles. The number of benzene rings is 1. The molecule has 1 aliphatic carbocycles. The van der Waals surface area contributed by atoms with Crippen molar-refractivity contribution in [3.05, 3.63) is 23.8 Å². The van der Waals surface area contributed by atoms with E-state index in [1.54, 1.807) is 14.2 Å². The van der Waals surface area contributed by atoms with Crippen LogP contribution in [0, 0.1) is 5.92 Å². The minimum absolute atomic E-state index is 0.0157. The Morgan fingerprint density at radius 3 is 2.38 bits per heavy atom. The van der Waals surface area contributed by atoms with Crippen LogP contribution in [0.1, 0.15) is 37.3 Å². The third kappa shape index (κ3) is 3.64. The normalized spacial score (nSPS) is 20.0. The Balaban J connectivity index is 2.21. The van der Waals surface area contributed by atoms with Crippen LogP contribution in [0.2, 0.25) is 0 Å². The van der Waals surface area contributed by atoms with Crippen LogP contribution in [0.5, 0.6) is 11.5 Å². The van der Waals surface area contributed by atoms with Crippen LogP contribution < -0.4 is 14.8 Å². The molecule has 1 unspecified atom stereocenters. The molecule has 2 rings (SSSR count). The number of methoxy groups -OCH3 is 2. The fourth-order valence-corrected chi connectivity index (χ4v) is 3.12. The molecule has 0 saturated heterocycles. The molecule has 1 atom stereocenters. The van der Waals surface area contributed by atoms with E-state index in [4.69, 9.17) is 9.47 Å². The number of rotatable bonds is 5. The van der Waals surface area contributed by atoms with Crippen LogP contribution in [0.25, 0.3) is 0 Å². The van der Waals surface area contributed by atoms with E-state index in [0.717, 1.165) is 17.1 Å². The highest BCUT2D eigenvalue weighted by molar-refractivity contribution is 5.42. The van der Waals surface area contributed by atoms with Gasteiger partial charge in [-0.3, -0.25) is 0 Å². The predicted molar refractivity (Wildman–Crippen MR) is 78.3 cm³/mol. The average Bonchev–Trinajstić information content (AvgIpc) is 2.49. The molecule has 1 fully saturated rings. The molecular formula is C16H23F2NO2. The molecule has 0 amide bonds. The maximum absolute atomic E-state index is 13.3. The molecule has 0 radical (unpaired) electrons. The Morgan fingerprint density at radius 1 is 1.19 bits per heavy atom. The van der Waals surface area contributed by atoms with Crippen LogP contribution in [0.4, 0.5) is 8.78 Å². The van der Waals surface area contributed by atoms with E-state index < -0.39 is 5.92 Å². The van der Waals surface area contributed by atoms with Gasteiger partial charge < -0.3 is 14.8 Å². The molecular weight excluding hydrogens is 276 g/mol. The fraction of sp³-hybridized carbons (Fsp3) is 0.625. The monoisotopic (exact) mass is 299 g/mol. The van der Waals surface area contributed by atoms with Crippen molar-refractivity contribution in [1.29, 1.82) is 0 Å². The van der Waals surface area contributed by atoms with Crippen molar-refractivity contribution in [1.82, 2.24) is 5.32 Å². The molecule has 0 aromatic heterocycles. The van der Waals surface area contributed by atoms with Gasteiger partial charge in [-0.25, -0.2) is 8.78 Å². The molecule has 3 nitrogen and oxygen atoms in total. The van der Waals surface area contributed by atoms with Crippen LogP contribution in [-0.4, -0.2) is 27.2 Å². The fourth-order valence-electron chi connectivity index (χ4n) is 3.12. The van der Waals surface area contributed by atoms with Crippen LogP contribution in [0.15, 0.2) is 18.2 Å². The summed E-state index contributed by atoms with van der Waals surface area (Å²) in [6, 6.07) is 5.67. The van der Waals surface area contributed by atoms with Gasteiger partial charge in [0.1, 0.15) is 11.5 Å². The van der Waals surface area contributed by atoms with Gasteiger partial charge in [0.2, 0.25) is 5.92 Å². The minimum atomic E-state index is -2.50. The molecule has 1 aliphatic rings. The van der Waals surface area contributed by atoms with E-state index in [2.05, 4.69) is 5.32 Å². The van der Waals surface area contributed by atoms with Gasteiger partial charge in [0.25, 0.3) is 0 Å². The van der Waals surface area contributed by atoms with Gasteiger partial charge in [-0.15, -0.1) is 0 Å². The molecule has 0 spiro atoms. The molecule has 1 aromatic rings. The molecule has 0 aliphatic heterocycles. The summed E-state index contributed by atoms with van der Waals surface area (Å²) in [4.78, 5) is 0. The summed E-state index contributed by atoms with van der Waals surface area (Å²) in [5.74, 6) is -0.859. The van der Waals surface area contributed by atoms with Crippen molar-refractivity contribution >= 4 is 0 Å². The van der Waals surface area contributed by atoms with Gasteiger partial charge in [0.05, 0.1) is 14.2 Å². The molecule has 0 bridgehead atoms. The first-order valence-electron chi connectivity index (χ1n) is 7.28. The Hall–Kier alpha value is -1.36. The summed E-state index contributed by atoms with van der Waals surface area (Å²) >= 11 is 0. The zero-order chi connectivity index (χ0) is 15.5. The summed E-state index contributed by atoms with van der Waals surface area (Å²) in [6.45, 7) is 0. The van der Waals surface area contributed by atoms with Gasteiger partial charge >= 0.3 is 0 Å². The second-order valence-electron chi connectivity index (χ2n) is 5.57. The lowest BCUT2D eigenvalue weighted by Gasteiger charge is -2.34. The van der Waals surface area contributed by atoms with Crippen molar-refractivity contribution < 1.29 is 18.3 Å². The van der Waals surface area contributed by atoms with Gasteiger partial charge in [-0.1, -0.05) is 6.07 Å². The predicted octanol–water partition coefficient (Wildman–Crippen LogP) is 3.79. The largest absolute Gasteiger partial charge is 0.497 e. The maximum Gasteiger partial charge on any atom is 0.248 e.